The minimum atomic E-state index is 0.659. The van der Waals surface area contributed by atoms with E-state index in [0.29, 0.717) is 6.04 Å². The van der Waals surface area contributed by atoms with Gasteiger partial charge in [0.15, 0.2) is 0 Å². The number of fused-ring (bicyclic) bond motifs is 3. The predicted molar refractivity (Wildman–Crippen MR) is 65.8 cm³/mol. The maximum absolute atomic E-state index is 5.20. The van der Waals surface area contributed by atoms with Crippen molar-refractivity contribution in [3.8, 4) is 0 Å². The number of nitrogens with one attached hydrogen (secondary N) is 1. The van der Waals surface area contributed by atoms with Crippen molar-refractivity contribution >= 4 is 0 Å². The third kappa shape index (κ3) is 2.11. The maximum Gasteiger partial charge on any atom is 0.138 e. The lowest BCUT2D eigenvalue weighted by atomic mass is 9.84. The van der Waals surface area contributed by atoms with Crippen LogP contribution in [0, 0.1) is 19.8 Å². The largest absolute Gasteiger partial charge is 0.361 e. The molecule has 94 valence electrons. The van der Waals surface area contributed by atoms with Crippen molar-refractivity contribution in [1.82, 2.24) is 15.4 Å². The Morgan fingerprint density at radius 1 is 1.35 bits per heavy atom. The van der Waals surface area contributed by atoms with Gasteiger partial charge < -0.3 is 14.7 Å². The van der Waals surface area contributed by atoms with E-state index in [1.807, 2.05) is 13.8 Å². The Hall–Kier alpha value is -0.870. The minimum Gasteiger partial charge on any atom is -0.361 e. The van der Waals surface area contributed by atoms with Gasteiger partial charge in [0, 0.05) is 24.7 Å². The first-order valence-electron chi connectivity index (χ1n) is 6.61. The molecule has 0 radical (unpaired) electrons. The van der Waals surface area contributed by atoms with Crippen LogP contribution in [-0.4, -0.2) is 35.7 Å². The van der Waals surface area contributed by atoms with Crippen LogP contribution in [0.3, 0.4) is 0 Å². The third-order valence-electron chi connectivity index (χ3n) is 4.38. The molecule has 0 aromatic carbocycles. The molecule has 0 aliphatic carbocycles. The number of aromatic nitrogens is 1. The van der Waals surface area contributed by atoms with Crippen LogP contribution < -0.4 is 5.32 Å². The van der Waals surface area contributed by atoms with Crippen LogP contribution in [0.2, 0.25) is 0 Å². The predicted octanol–water partition coefficient (Wildman–Crippen LogP) is 1.48. The maximum atomic E-state index is 5.20. The monoisotopic (exact) mass is 235 g/mol. The Labute approximate surface area is 102 Å². The van der Waals surface area contributed by atoms with E-state index < -0.39 is 0 Å². The van der Waals surface area contributed by atoms with E-state index in [1.54, 1.807) is 0 Å². The fourth-order valence-corrected chi connectivity index (χ4v) is 3.18. The summed E-state index contributed by atoms with van der Waals surface area (Å²) < 4.78 is 5.20. The Balaban J connectivity index is 1.61. The fourth-order valence-electron chi connectivity index (χ4n) is 3.18. The van der Waals surface area contributed by atoms with E-state index >= 15 is 0 Å². The third-order valence-corrected chi connectivity index (χ3v) is 4.38. The first-order valence-corrected chi connectivity index (χ1v) is 6.61. The van der Waals surface area contributed by atoms with Gasteiger partial charge in [-0.15, -0.1) is 0 Å². The van der Waals surface area contributed by atoms with E-state index in [0.717, 1.165) is 23.9 Å². The highest BCUT2D eigenvalue weighted by molar-refractivity contribution is 5.20. The number of piperidine rings is 3. The lowest BCUT2D eigenvalue weighted by Crippen LogP contribution is -2.55. The first kappa shape index (κ1) is 11.2. The zero-order chi connectivity index (χ0) is 11.8. The van der Waals surface area contributed by atoms with Crippen LogP contribution in [0.1, 0.15) is 29.9 Å². The number of hydrogen-bond donors (Lipinski definition) is 1. The Morgan fingerprint density at radius 2 is 2.12 bits per heavy atom. The molecule has 4 nitrogen and oxygen atoms in total. The van der Waals surface area contributed by atoms with Gasteiger partial charge in [-0.05, 0) is 45.7 Å². The number of aryl methyl sites for hydroxylation is 2. The lowest BCUT2D eigenvalue weighted by molar-refractivity contribution is 0.0719. The molecule has 4 rings (SSSR count). The van der Waals surface area contributed by atoms with Crippen molar-refractivity contribution in [3.05, 3.63) is 17.0 Å². The second-order valence-electron chi connectivity index (χ2n) is 5.43. The minimum absolute atomic E-state index is 0.659. The summed E-state index contributed by atoms with van der Waals surface area (Å²) in [6.45, 7) is 8.73. The molecule has 3 fully saturated rings. The van der Waals surface area contributed by atoms with Crippen LogP contribution in [0.25, 0.3) is 0 Å². The zero-order valence-electron chi connectivity index (χ0n) is 10.7. The highest BCUT2D eigenvalue weighted by atomic mass is 16.5. The van der Waals surface area contributed by atoms with Crippen molar-refractivity contribution in [3.63, 3.8) is 0 Å². The Bertz CT molecular complexity index is 374. The molecule has 2 bridgehead atoms. The molecule has 4 heterocycles. The molecule has 3 aliphatic heterocycles. The lowest BCUT2D eigenvalue weighted by Gasteiger charge is -2.45. The van der Waals surface area contributed by atoms with Gasteiger partial charge in [-0.2, -0.15) is 0 Å². The van der Waals surface area contributed by atoms with Crippen molar-refractivity contribution in [2.45, 2.75) is 39.3 Å². The van der Waals surface area contributed by atoms with Gasteiger partial charge in [0.25, 0.3) is 0 Å². The van der Waals surface area contributed by atoms with Crippen LogP contribution in [-0.2, 0) is 6.54 Å². The molecule has 1 aromatic rings. The van der Waals surface area contributed by atoms with Gasteiger partial charge in [-0.1, -0.05) is 5.16 Å². The summed E-state index contributed by atoms with van der Waals surface area (Å²) in [5, 5.41) is 7.70. The van der Waals surface area contributed by atoms with E-state index in [2.05, 4.69) is 15.4 Å². The van der Waals surface area contributed by atoms with Crippen molar-refractivity contribution in [2.24, 2.45) is 5.92 Å². The normalized spacial score (nSPS) is 32.0. The second-order valence-corrected chi connectivity index (χ2v) is 5.43. The molecule has 3 aliphatic rings. The topological polar surface area (TPSA) is 41.3 Å². The second kappa shape index (κ2) is 4.42. The fraction of sp³-hybridized carbons (Fsp3) is 0.769. The molecule has 0 saturated carbocycles. The molecule has 1 unspecified atom stereocenters. The van der Waals surface area contributed by atoms with Gasteiger partial charge in [0.05, 0.1) is 5.69 Å². The molecule has 0 spiro atoms. The standard InChI is InChI=1S/C13H21N3O/c1-9-12(10(2)17-15-9)7-14-13-8-16-5-3-11(13)4-6-16/h11,13-14H,3-8H2,1-2H3. The van der Waals surface area contributed by atoms with E-state index in [-0.39, 0.29) is 0 Å². The summed E-state index contributed by atoms with van der Waals surface area (Å²) in [6.07, 6.45) is 2.72. The molecule has 1 N–H and O–H groups in total. The molecule has 4 heteroatoms. The number of hydrogen-bond acceptors (Lipinski definition) is 4. The number of rotatable bonds is 3. The van der Waals surface area contributed by atoms with Crippen molar-refractivity contribution in [1.29, 1.82) is 0 Å². The highest BCUT2D eigenvalue weighted by Crippen LogP contribution is 2.27. The summed E-state index contributed by atoms with van der Waals surface area (Å²) in [4.78, 5) is 2.57. The van der Waals surface area contributed by atoms with Gasteiger partial charge in [0.1, 0.15) is 5.76 Å². The Kier molecular flexibility index (Phi) is 2.92. The summed E-state index contributed by atoms with van der Waals surface area (Å²) in [6, 6.07) is 0.659. The summed E-state index contributed by atoms with van der Waals surface area (Å²) in [7, 11) is 0. The molecule has 17 heavy (non-hydrogen) atoms. The number of nitrogens with zero attached hydrogens (tertiary/aromatic N) is 2. The summed E-state index contributed by atoms with van der Waals surface area (Å²) in [5.41, 5.74) is 2.26. The van der Waals surface area contributed by atoms with Gasteiger partial charge in [0.2, 0.25) is 0 Å². The molecular weight excluding hydrogens is 214 g/mol. The molecule has 0 amide bonds. The Morgan fingerprint density at radius 3 is 2.65 bits per heavy atom. The molecule has 3 saturated heterocycles. The average Bonchev–Trinajstić information content (AvgIpc) is 2.68. The summed E-state index contributed by atoms with van der Waals surface area (Å²) >= 11 is 0. The first-order chi connectivity index (χ1) is 8.24. The smallest absolute Gasteiger partial charge is 0.138 e. The van der Waals surface area contributed by atoms with E-state index in [9.17, 15) is 0 Å². The van der Waals surface area contributed by atoms with Crippen LogP contribution in [0.4, 0.5) is 0 Å². The van der Waals surface area contributed by atoms with Crippen molar-refractivity contribution < 1.29 is 4.52 Å². The van der Waals surface area contributed by atoms with Crippen LogP contribution in [0.5, 0.6) is 0 Å². The molecule has 1 aromatic heterocycles. The van der Waals surface area contributed by atoms with E-state index in [4.69, 9.17) is 4.52 Å². The van der Waals surface area contributed by atoms with Gasteiger partial charge in [-0.25, -0.2) is 0 Å². The molecular formula is C13H21N3O. The van der Waals surface area contributed by atoms with Crippen molar-refractivity contribution in [2.75, 3.05) is 19.6 Å². The molecule has 1 atom stereocenters. The van der Waals surface area contributed by atoms with E-state index in [1.165, 1.54) is 38.0 Å². The average molecular weight is 235 g/mol. The van der Waals surface area contributed by atoms with Crippen LogP contribution >= 0.6 is 0 Å². The van der Waals surface area contributed by atoms with Crippen LogP contribution in [0.15, 0.2) is 4.52 Å². The van der Waals surface area contributed by atoms with Gasteiger partial charge in [-0.3, -0.25) is 0 Å². The SMILES string of the molecule is Cc1noc(C)c1CNC1CN2CCC1CC2. The van der Waals surface area contributed by atoms with Gasteiger partial charge >= 0.3 is 0 Å². The highest BCUT2D eigenvalue weighted by Gasteiger charge is 2.33. The quantitative estimate of drug-likeness (QED) is 0.861. The zero-order valence-corrected chi connectivity index (χ0v) is 10.7. The summed E-state index contributed by atoms with van der Waals surface area (Å²) in [5.74, 6) is 1.83.